The second-order valence-corrected chi connectivity index (χ2v) is 6.77. The lowest BCUT2D eigenvalue weighted by Crippen LogP contribution is -2.40. The fourth-order valence-corrected chi connectivity index (χ4v) is 3.55. The zero-order valence-electron chi connectivity index (χ0n) is 15.2. The summed E-state index contributed by atoms with van der Waals surface area (Å²) in [6.45, 7) is 5.52. The van der Waals surface area contributed by atoms with Crippen molar-refractivity contribution in [2.45, 2.75) is 25.3 Å². The van der Waals surface area contributed by atoms with Crippen molar-refractivity contribution in [1.29, 1.82) is 0 Å². The molecular weight excluding hydrogens is 327 g/mol. The highest BCUT2D eigenvalue weighted by Gasteiger charge is 2.31. The molecule has 136 valence electrons. The average Bonchev–Trinajstić information content (AvgIpc) is 2.66. The molecule has 0 aliphatic carbocycles. The molecule has 0 spiro atoms. The number of nitrogens with zero attached hydrogens (tertiary/aromatic N) is 1. The average molecular weight is 352 g/mol. The Labute approximate surface area is 154 Å². The molecule has 1 aliphatic heterocycles. The van der Waals surface area contributed by atoms with Crippen molar-refractivity contribution < 1.29 is 9.18 Å². The molecule has 1 aliphatic rings. The van der Waals surface area contributed by atoms with Crippen molar-refractivity contribution in [3.05, 3.63) is 83.2 Å². The molecule has 2 aromatic rings. The number of hydrogen-bond acceptors (Lipinski definition) is 2. The molecule has 3 rings (SSSR count). The van der Waals surface area contributed by atoms with Crippen LogP contribution in [0.4, 0.5) is 4.39 Å². The zero-order chi connectivity index (χ0) is 18.5. The zero-order valence-corrected chi connectivity index (χ0v) is 15.2. The van der Waals surface area contributed by atoms with Gasteiger partial charge in [0.2, 0.25) is 5.91 Å². The standard InChI is InChI=1S/C22H25FN2O/c1-16(11-13-24-2)15-21(26)25-14-12-17-5-3-4-6-20(17)22(25)18-7-9-19(23)10-8-18/h3-10,22,24H,1,11-15H2,2H3. The molecule has 1 N–H and O–H groups in total. The summed E-state index contributed by atoms with van der Waals surface area (Å²) in [4.78, 5) is 14.9. The summed E-state index contributed by atoms with van der Waals surface area (Å²) in [6, 6.07) is 14.5. The fraction of sp³-hybridized carbons (Fsp3) is 0.318. The first-order chi connectivity index (χ1) is 12.6. The predicted octanol–water partition coefficient (Wildman–Crippen LogP) is 3.86. The molecule has 0 bridgehead atoms. The number of hydrogen-bond donors (Lipinski definition) is 1. The molecule has 0 saturated carbocycles. The van der Waals surface area contributed by atoms with Crippen LogP contribution in [0.3, 0.4) is 0 Å². The van der Waals surface area contributed by atoms with Gasteiger partial charge in [-0.1, -0.05) is 48.6 Å². The van der Waals surface area contributed by atoms with E-state index >= 15 is 0 Å². The Hall–Kier alpha value is -2.46. The Bertz CT molecular complexity index is 785. The normalized spacial score (nSPS) is 16.2. The van der Waals surface area contributed by atoms with Crippen LogP contribution < -0.4 is 5.32 Å². The number of fused-ring (bicyclic) bond motifs is 1. The van der Waals surface area contributed by atoms with E-state index in [9.17, 15) is 9.18 Å². The number of carbonyl (C=O) groups is 1. The Morgan fingerprint density at radius 1 is 1.23 bits per heavy atom. The number of carbonyl (C=O) groups excluding carboxylic acids is 1. The van der Waals surface area contributed by atoms with Gasteiger partial charge in [-0.25, -0.2) is 4.39 Å². The molecule has 2 aromatic carbocycles. The molecule has 26 heavy (non-hydrogen) atoms. The minimum absolute atomic E-state index is 0.0786. The molecule has 4 heteroatoms. The van der Waals surface area contributed by atoms with E-state index in [4.69, 9.17) is 0 Å². The van der Waals surface area contributed by atoms with Crippen molar-refractivity contribution in [2.24, 2.45) is 0 Å². The molecule has 0 fully saturated rings. The lowest BCUT2D eigenvalue weighted by atomic mass is 9.87. The van der Waals surface area contributed by atoms with Crippen LogP contribution in [0.2, 0.25) is 0 Å². The number of benzene rings is 2. The summed E-state index contributed by atoms with van der Waals surface area (Å²) in [5, 5.41) is 3.08. The molecular formula is C22H25FN2O. The minimum Gasteiger partial charge on any atom is -0.331 e. The van der Waals surface area contributed by atoms with Gasteiger partial charge in [-0.05, 0) is 55.3 Å². The van der Waals surface area contributed by atoms with Gasteiger partial charge in [-0.2, -0.15) is 0 Å². The van der Waals surface area contributed by atoms with E-state index < -0.39 is 0 Å². The third kappa shape index (κ3) is 4.02. The topological polar surface area (TPSA) is 32.3 Å². The van der Waals surface area contributed by atoms with Crippen LogP contribution in [0, 0.1) is 5.82 Å². The second kappa shape index (κ2) is 8.28. The third-order valence-corrected chi connectivity index (χ3v) is 4.92. The summed E-state index contributed by atoms with van der Waals surface area (Å²) >= 11 is 0. The summed E-state index contributed by atoms with van der Waals surface area (Å²) in [7, 11) is 1.89. The third-order valence-electron chi connectivity index (χ3n) is 4.92. The molecule has 0 radical (unpaired) electrons. The lowest BCUT2D eigenvalue weighted by molar-refractivity contribution is -0.132. The molecule has 0 aromatic heterocycles. The van der Waals surface area contributed by atoms with E-state index in [0.717, 1.165) is 36.1 Å². The van der Waals surface area contributed by atoms with Gasteiger partial charge in [0.15, 0.2) is 0 Å². The van der Waals surface area contributed by atoms with Gasteiger partial charge in [0.1, 0.15) is 5.82 Å². The molecule has 1 heterocycles. The van der Waals surface area contributed by atoms with Gasteiger partial charge in [-0.15, -0.1) is 0 Å². The predicted molar refractivity (Wildman–Crippen MR) is 102 cm³/mol. The van der Waals surface area contributed by atoms with Crippen LogP contribution in [0.25, 0.3) is 0 Å². The van der Waals surface area contributed by atoms with E-state index in [1.165, 1.54) is 17.7 Å². The first-order valence-electron chi connectivity index (χ1n) is 9.04. The number of amides is 1. The van der Waals surface area contributed by atoms with Crippen molar-refractivity contribution in [1.82, 2.24) is 10.2 Å². The Kier molecular flexibility index (Phi) is 5.84. The SMILES string of the molecule is C=C(CCNC)CC(=O)N1CCc2ccccc2C1c1ccc(F)cc1. The first kappa shape index (κ1) is 18.3. The van der Waals surface area contributed by atoms with Gasteiger partial charge >= 0.3 is 0 Å². The number of nitrogens with one attached hydrogen (secondary N) is 1. The van der Waals surface area contributed by atoms with Crippen molar-refractivity contribution in [3.63, 3.8) is 0 Å². The highest BCUT2D eigenvalue weighted by atomic mass is 19.1. The Morgan fingerprint density at radius 2 is 1.96 bits per heavy atom. The minimum atomic E-state index is -0.267. The Balaban J connectivity index is 1.89. The summed E-state index contributed by atoms with van der Waals surface area (Å²) in [5.41, 5.74) is 4.24. The van der Waals surface area contributed by atoms with Crippen molar-refractivity contribution in [3.8, 4) is 0 Å². The van der Waals surface area contributed by atoms with E-state index in [1.54, 1.807) is 12.1 Å². The molecule has 0 saturated heterocycles. The largest absolute Gasteiger partial charge is 0.331 e. The van der Waals surface area contributed by atoms with Crippen LogP contribution in [0.1, 0.15) is 35.6 Å². The summed E-state index contributed by atoms with van der Waals surface area (Å²) in [5.74, 6) is -0.189. The quantitative estimate of drug-likeness (QED) is 0.801. The van der Waals surface area contributed by atoms with Crippen LogP contribution in [0.15, 0.2) is 60.7 Å². The smallest absolute Gasteiger partial charge is 0.227 e. The van der Waals surface area contributed by atoms with Crippen LogP contribution in [0.5, 0.6) is 0 Å². The van der Waals surface area contributed by atoms with Gasteiger partial charge in [-0.3, -0.25) is 4.79 Å². The van der Waals surface area contributed by atoms with Crippen molar-refractivity contribution >= 4 is 5.91 Å². The van der Waals surface area contributed by atoms with Gasteiger partial charge in [0, 0.05) is 13.0 Å². The second-order valence-electron chi connectivity index (χ2n) is 6.77. The molecule has 1 amide bonds. The highest BCUT2D eigenvalue weighted by Crippen LogP contribution is 2.35. The number of halogens is 1. The van der Waals surface area contributed by atoms with Gasteiger partial charge in [0.25, 0.3) is 0 Å². The molecule has 3 nitrogen and oxygen atoms in total. The monoisotopic (exact) mass is 352 g/mol. The van der Waals surface area contributed by atoms with E-state index in [-0.39, 0.29) is 17.8 Å². The molecule has 1 unspecified atom stereocenters. The van der Waals surface area contributed by atoms with Crippen LogP contribution >= 0.6 is 0 Å². The first-order valence-corrected chi connectivity index (χ1v) is 9.04. The summed E-state index contributed by atoms with van der Waals surface area (Å²) < 4.78 is 13.4. The molecule has 1 atom stereocenters. The van der Waals surface area contributed by atoms with E-state index in [0.29, 0.717) is 13.0 Å². The lowest BCUT2D eigenvalue weighted by Gasteiger charge is -2.38. The van der Waals surface area contributed by atoms with Gasteiger partial charge in [0.05, 0.1) is 6.04 Å². The maximum atomic E-state index is 13.4. The summed E-state index contributed by atoms with van der Waals surface area (Å²) in [6.07, 6.45) is 1.97. The van der Waals surface area contributed by atoms with Gasteiger partial charge < -0.3 is 10.2 Å². The van der Waals surface area contributed by atoms with E-state index in [2.05, 4.69) is 24.0 Å². The van der Waals surface area contributed by atoms with Crippen LogP contribution in [-0.4, -0.2) is 30.9 Å². The number of rotatable bonds is 6. The maximum absolute atomic E-state index is 13.4. The maximum Gasteiger partial charge on any atom is 0.227 e. The fourth-order valence-electron chi connectivity index (χ4n) is 3.55. The Morgan fingerprint density at radius 3 is 2.69 bits per heavy atom. The van der Waals surface area contributed by atoms with Crippen LogP contribution in [-0.2, 0) is 11.2 Å². The van der Waals surface area contributed by atoms with E-state index in [1.807, 2.05) is 24.1 Å². The highest BCUT2D eigenvalue weighted by molar-refractivity contribution is 5.80. The van der Waals surface area contributed by atoms with Crippen molar-refractivity contribution in [2.75, 3.05) is 20.1 Å².